The summed E-state index contributed by atoms with van der Waals surface area (Å²) in [5, 5.41) is 3.24. The largest absolute Gasteiger partial charge is 0.443 e. The van der Waals surface area contributed by atoms with Crippen LogP contribution >= 0.6 is 0 Å². The third kappa shape index (κ3) is 5.46. The first-order chi connectivity index (χ1) is 12.1. The van der Waals surface area contributed by atoms with Gasteiger partial charge in [-0.3, -0.25) is 9.69 Å². The number of nitrogens with zero attached hydrogens (tertiary/aromatic N) is 1. The minimum absolute atomic E-state index is 0.312. The predicted molar refractivity (Wildman–Crippen MR) is 103 cm³/mol. The highest BCUT2D eigenvalue weighted by atomic mass is 16.6. The molecule has 0 fully saturated rings. The van der Waals surface area contributed by atoms with Crippen molar-refractivity contribution in [1.82, 2.24) is 5.32 Å². The first kappa shape index (κ1) is 20.2. The van der Waals surface area contributed by atoms with Gasteiger partial charge in [0.05, 0.1) is 11.7 Å². The van der Waals surface area contributed by atoms with Gasteiger partial charge in [0.2, 0.25) is 5.91 Å². The van der Waals surface area contributed by atoms with Crippen molar-refractivity contribution in [2.45, 2.75) is 65.6 Å². The Hall–Kier alpha value is -2.08. The first-order valence-corrected chi connectivity index (χ1v) is 9.22. The monoisotopic (exact) mass is 361 g/mol. The predicted octanol–water partition coefficient (Wildman–Crippen LogP) is 2.97. The van der Waals surface area contributed by atoms with Gasteiger partial charge in [0.25, 0.3) is 0 Å². The standard InChI is InChI=1S/C20H31N3O3/c1-13(2)10-16(18(21)24)22-12-14-6-7-17-15(11-14)8-9-23(17)19(25)26-20(3,4)5/h6-7,11,13,16,22H,8-10,12H2,1-5H3,(H2,21,24). The summed E-state index contributed by atoms with van der Waals surface area (Å²) in [7, 11) is 0. The van der Waals surface area contributed by atoms with Gasteiger partial charge in [-0.25, -0.2) is 4.79 Å². The molecule has 0 aliphatic carbocycles. The number of carbonyl (C=O) groups excluding carboxylic acids is 2. The number of hydrogen-bond acceptors (Lipinski definition) is 4. The van der Waals surface area contributed by atoms with E-state index in [1.165, 1.54) is 0 Å². The van der Waals surface area contributed by atoms with E-state index in [1.54, 1.807) is 4.90 Å². The molecule has 1 aromatic carbocycles. The summed E-state index contributed by atoms with van der Waals surface area (Å²) in [5.74, 6) is 0.0679. The number of nitrogens with one attached hydrogen (secondary N) is 1. The van der Waals surface area contributed by atoms with Gasteiger partial charge in [-0.15, -0.1) is 0 Å². The summed E-state index contributed by atoms with van der Waals surface area (Å²) in [6.07, 6.45) is 1.20. The van der Waals surface area contributed by atoms with E-state index in [1.807, 2.05) is 32.9 Å². The summed E-state index contributed by atoms with van der Waals surface area (Å²) in [6, 6.07) is 5.68. The molecule has 2 amide bonds. The smallest absolute Gasteiger partial charge is 0.414 e. The Bertz CT molecular complexity index is 665. The molecule has 1 aliphatic heterocycles. The molecule has 144 valence electrons. The molecule has 0 aromatic heterocycles. The number of fused-ring (bicyclic) bond motifs is 1. The lowest BCUT2D eigenvalue weighted by molar-refractivity contribution is -0.120. The van der Waals surface area contributed by atoms with Crippen molar-refractivity contribution >= 4 is 17.7 Å². The van der Waals surface area contributed by atoms with Crippen LogP contribution in [0.2, 0.25) is 0 Å². The maximum absolute atomic E-state index is 12.3. The van der Waals surface area contributed by atoms with E-state index < -0.39 is 5.60 Å². The summed E-state index contributed by atoms with van der Waals surface area (Å²) in [4.78, 5) is 25.6. The molecule has 6 heteroatoms. The molecule has 1 heterocycles. The number of ether oxygens (including phenoxy) is 1. The van der Waals surface area contributed by atoms with E-state index in [2.05, 4.69) is 25.2 Å². The molecule has 0 saturated heterocycles. The molecule has 1 aromatic rings. The van der Waals surface area contributed by atoms with Gasteiger partial charge in [-0.05, 0) is 56.7 Å². The van der Waals surface area contributed by atoms with Gasteiger partial charge in [0.15, 0.2) is 0 Å². The highest BCUT2D eigenvalue weighted by Gasteiger charge is 2.29. The normalized spacial score (nSPS) is 15.1. The summed E-state index contributed by atoms with van der Waals surface area (Å²) >= 11 is 0. The molecular formula is C20H31N3O3. The van der Waals surface area contributed by atoms with Crippen molar-refractivity contribution in [3.05, 3.63) is 29.3 Å². The Kier molecular flexibility index (Phi) is 6.29. The van der Waals surface area contributed by atoms with E-state index in [0.29, 0.717) is 25.4 Å². The molecule has 0 spiro atoms. The van der Waals surface area contributed by atoms with Crippen LogP contribution in [0.25, 0.3) is 0 Å². The lowest BCUT2D eigenvalue weighted by Gasteiger charge is -2.25. The lowest BCUT2D eigenvalue weighted by Crippen LogP contribution is -2.41. The quantitative estimate of drug-likeness (QED) is 0.816. The topological polar surface area (TPSA) is 84.7 Å². The fourth-order valence-corrected chi connectivity index (χ4v) is 3.08. The zero-order chi connectivity index (χ0) is 19.5. The number of carbonyl (C=O) groups is 2. The van der Waals surface area contributed by atoms with Crippen LogP contribution in [0.1, 0.15) is 52.2 Å². The number of primary amides is 1. The minimum atomic E-state index is -0.510. The number of nitrogens with two attached hydrogens (primary N) is 1. The third-order valence-corrected chi connectivity index (χ3v) is 4.26. The molecule has 6 nitrogen and oxygen atoms in total. The molecule has 1 atom stereocenters. The van der Waals surface area contributed by atoms with Crippen LogP contribution in [0.3, 0.4) is 0 Å². The van der Waals surface area contributed by atoms with Crippen molar-refractivity contribution in [2.24, 2.45) is 11.7 Å². The molecule has 26 heavy (non-hydrogen) atoms. The second-order valence-electron chi connectivity index (χ2n) is 8.31. The van der Waals surface area contributed by atoms with E-state index in [4.69, 9.17) is 10.5 Å². The molecule has 3 N–H and O–H groups in total. The lowest BCUT2D eigenvalue weighted by atomic mass is 10.0. The zero-order valence-corrected chi connectivity index (χ0v) is 16.5. The Morgan fingerprint density at radius 2 is 2.00 bits per heavy atom. The number of rotatable bonds is 6. The van der Waals surface area contributed by atoms with E-state index in [-0.39, 0.29) is 18.0 Å². The number of hydrogen-bond donors (Lipinski definition) is 2. The van der Waals surface area contributed by atoms with Crippen molar-refractivity contribution in [3.63, 3.8) is 0 Å². The van der Waals surface area contributed by atoms with Gasteiger partial charge in [0.1, 0.15) is 5.60 Å². The number of benzene rings is 1. The fraction of sp³-hybridized carbons (Fsp3) is 0.600. The van der Waals surface area contributed by atoms with Crippen molar-refractivity contribution in [1.29, 1.82) is 0 Å². The van der Waals surface area contributed by atoms with Gasteiger partial charge in [-0.1, -0.05) is 26.0 Å². The second-order valence-corrected chi connectivity index (χ2v) is 8.31. The van der Waals surface area contributed by atoms with Crippen LogP contribution in [-0.4, -0.2) is 30.2 Å². The summed E-state index contributed by atoms with van der Waals surface area (Å²) < 4.78 is 5.47. The van der Waals surface area contributed by atoms with Crippen LogP contribution in [0.4, 0.5) is 10.5 Å². The van der Waals surface area contributed by atoms with Gasteiger partial charge >= 0.3 is 6.09 Å². The molecule has 0 radical (unpaired) electrons. The van der Waals surface area contributed by atoms with E-state index in [0.717, 1.165) is 23.2 Å². The second kappa shape index (κ2) is 8.08. The molecule has 1 unspecified atom stereocenters. The average Bonchev–Trinajstić information content (AvgIpc) is 2.92. The minimum Gasteiger partial charge on any atom is -0.443 e. The average molecular weight is 361 g/mol. The first-order valence-electron chi connectivity index (χ1n) is 9.22. The summed E-state index contributed by atoms with van der Waals surface area (Å²) in [6.45, 7) is 10.9. The molecule has 0 bridgehead atoms. The van der Waals surface area contributed by atoms with E-state index in [9.17, 15) is 9.59 Å². The Morgan fingerprint density at radius 1 is 1.31 bits per heavy atom. The zero-order valence-electron chi connectivity index (χ0n) is 16.5. The molecule has 0 saturated carbocycles. The van der Waals surface area contributed by atoms with Crippen molar-refractivity contribution in [2.75, 3.05) is 11.4 Å². The highest BCUT2D eigenvalue weighted by Crippen LogP contribution is 2.30. The maximum atomic E-state index is 12.3. The molecule has 2 rings (SSSR count). The van der Waals surface area contributed by atoms with Crippen LogP contribution in [0.5, 0.6) is 0 Å². The van der Waals surface area contributed by atoms with E-state index >= 15 is 0 Å². The van der Waals surface area contributed by atoms with Crippen LogP contribution in [0, 0.1) is 5.92 Å². The highest BCUT2D eigenvalue weighted by molar-refractivity contribution is 5.90. The number of amides is 2. The Morgan fingerprint density at radius 3 is 2.58 bits per heavy atom. The Labute approximate surface area is 156 Å². The van der Waals surface area contributed by atoms with Crippen LogP contribution < -0.4 is 16.0 Å². The fourth-order valence-electron chi connectivity index (χ4n) is 3.08. The summed E-state index contributed by atoms with van der Waals surface area (Å²) in [5.41, 5.74) is 8.07. The SMILES string of the molecule is CC(C)CC(NCc1ccc2c(c1)CCN2C(=O)OC(C)(C)C)C(N)=O. The van der Waals surface area contributed by atoms with Gasteiger partial charge < -0.3 is 15.8 Å². The number of anilines is 1. The molecule has 1 aliphatic rings. The van der Waals surface area contributed by atoms with Crippen molar-refractivity contribution in [3.8, 4) is 0 Å². The van der Waals surface area contributed by atoms with Crippen molar-refractivity contribution < 1.29 is 14.3 Å². The van der Waals surface area contributed by atoms with Crippen LogP contribution in [0.15, 0.2) is 18.2 Å². The maximum Gasteiger partial charge on any atom is 0.414 e. The van der Waals surface area contributed by atoms with Gasteiger partial charge in [-0.2, -0.15) is 0 Å². The van der Waals surface area contributed by atoms with Crippen LogP contribution in [-0.2, 0) is 22.5 Å². The Balaban J connectivity index is 2.03. The molecular weight excluding hydrogens is 330 g/mol. The van der Waals surface area contributed by atoms with Gasteiger partial charge in [0, 0.05) is 13.1 Å². The third-order valence-electron chi connectivity index (χ3n) is 4.26.